The predicted octanol–water partition coefficient (Wildman–Crippen LogP) is 4.59. The van der Waals surface area contributed by atoms with Crippen molar-refractivity contribution in [1.82, 2.24) is 4.98 Å². The second-order valence-electron chi connectivity index (χ2n) is 8.01. The van der Waals surface area contributed by atoms with Crippen molar-refractivity contribution >= 4 is 29.6 Å². The van der Waals surface area contributed by atoms with Crippen LogP contribution in [0.25, 0.3) is 23.4 Å². The van der Waals surface area contributed by atoms with Crippen LogP contribution in [0.2, 0.25) is 0 Å². The summed E-state index contributed by atoms with van der Waals surface area (Å²) < 4.78 is 1.68. The maximum absolute atomic E-state index is 12.6. The summed E-state index contributed by atoms with van der Waals surface area (Å²) in [6, 6.07) is 16.3. The van der Waals surface area contributed by atoms with Crippen LogP contribution < -0.4 is 14.8 Å². The van der Waals surface area contributed by atoms with Crippen molar-refractivity contribution in [2.45, 2.75) is 19.9 Å². The molecule has 4 rings (SSSR count). The van der Waals surface area contributed by atoms with E-state index in [9.17, 15) is 4.79 Å². The number of rotatable bonds is 5. The Hall–Kier alpha value is -3.73. The fourth-order valence-corrected chi connectivity index (χ4v) is 3.51. The Morgan fingerprint density at radius 3 is 2.35 bits per heavy atom. The third-order valence-electron chi connectivity index (χ3n) is 5.33. The van der Waals surface area contributed by atoms with Gasteiger partial charge in [0.1, 0.15) is 11.9 Å². The number of nitrogens with one attached hydrogen (secondary N) is 1. The van der Waals surface area contributed by atoms with Crippen molar-refractivity contribution in [3.8, 4) is 11.3 Å². The summed E-state index contributed by atoms with van der Waals surface area (Å²) in [6.45, 7) is 3.92. The highest BCUT2D eigenvalue weighted by Gasteiger charge is 2.38. The van der Waals surface area contributed by atoms with Crippen LogP contribution in [0.4, 0.5) is 11.5 Å². The molecule has 0 radical (unpaired) electrons. The first-order valence-electron chi connectivity index (χ1n) is 10.4. The summed E-state index contributed by atoms with van der Waals surface area (Å²) in [5, 5.41) is 3.27. The molecule has 1 aromatic heterocycles. The van der Waals surface area contributed by atoms with Gasteiger partial charge in [0.25, 0.3) is 0 Å². The quantitative estimate of drug-likeness (QED) is 0.493. The minimum absolute atomic E-state index is 0.0249. The zero-order valence-corrected chi connectivity index (χ0v) is 18.3. The van der Waals surface area contributed by atoms with Gasteiger partial charge < -0.3 is 4.90 Å². The van der Waals surface area contributed by atoms with E-state index >= 15 is 0 Å². The van der Waals surface area contributed by atoms with Gasteiger partial charge in [-0.1, -0.05) is 60.2 Å². The van der Waals surface area contributed by atoms with Gasteiger partial charge in [0.15, 0.2) is 11.7 Å². The maximum atomic E-state index is 12.6. The largest absolute Gasteiger partial charge is 0.378 e. The van der Waals surface area contributed by atoms with Crippen molar-refractivity contribution < 1.29 is 9.36 Å². The first kappa shape index (κ1) is 20.5. The number of aryl methyl sites for hydroxylation is 1. The summed E-state index contributed by atoms with van der Waals surface area (Å²) >= 11 is 0. The second-order valence-corrected chi connectivity index (χ2v) is 8.01. The molecule has 31 heavy (non-hydrogen) atoms. The van der Waals surface area contributed by atoms with Gasteiger partial charge in [-0.25, -0.2) is 9.78 Å². The molecular weight excluding hydrogens is 384 g/mol. The smallest absolute Gasteiger partial charge is 0.358 e. The van der Waals surface area contributed by atoms with Crippen LogP contribution >= 0.6 is 0 Å². The number of benzene rings is 2. The Kier molecular flexibility index (Phi) is 5.67. The molecule has 1 aliphatic rings. The molecule has 1 aliphatic heterocycles. The summed E-state index contributed by atoms with van der Waals surface area (Å²) in [5.74, 6) is 0.770. The van der Waals surface area contributed by atoms with Crippen LogP contribution in [0.1, 0.15) is 28.5 Å². The average molecular weight is 412 g/mol. The molecule has 0 saturated carbocycles. The molecule has 5 nitrogen and oxygen atoms in total. The van der Waals surface area contributed by atoms with E-state index in [0.717, 1.165) is 28.3 Å². The monoisotopic (exact) mass is 411 g/mol. The highest BCUT2D eigenvalue weighted by atomic mass is 16.2. The van der Waals surface area contributed by atoms with Crippen LogP contribution in [-0.2, 0) is 0 Å². The van der Waals surface area contributed by atoms with Gasteiger partial charge in [0, 0.05) is 25.3 Å². The Bertz CT molecular complexity index is 1160. The Morgan fingerprint density at radius 1 is 1.00 bits per heavy atom. The SMILES string of the molecule is Cc1ccc(-c2nc(/C=C/C=C/c3ccc(N(C)C)cc3)c[n+]3c2NC(C)C3=O)cc1. The average Bonchev–Trinajstić information content (AvgIpc) is 3.05. The number of carbonyl (C=O) groups excluding carboxylic acids is 1. The molecule has 0 spiro atoms. The normalized spacial score (nSPS) is 15.5. The highest BCUT2D eigenvalue weighted by Crippen LogP contribution is 2.27. The first-order chi connectivity index (χ1) is 14.9. The maximum Gasteiger partial charge on any atom is 0.358 e. The molecule has 156 valence electrons. The van der Waals surface area contributed by atoms with E-state index in [-0.39, 0.29) is 11.9 Å². The Balaban J connectivity index is 1.62. The predicted molar refractivity (Wildman–Crippen MR) is 127 cm³/mol. The number of nitrogens with zero attached hydrogens (tertiary/aromatic N) is 3. The molecule has 0 bridgehead atoms. The number of anilines is 2. The lowest BCUT2D eigenvalue weighted by Crippen LogP contribution is -2.42. The zero-order valence-electron chi connectivity index (χ0n) is 18.3. The molecule has 2 aromatic carbocycles. The van der Waals surface area contributed by atoms with Crippen LogP contribution in [0, 0.1) is 6.92 Å². The summed E-state index contributed by atoms with van der Waals surface area (Å²) in [5.41, 5.74) is 5.98. The minimum Gasteiger partial charge on any atom is -0.378 e. The topological polar surface area (TPSA) is 49.1 Å². The van der Waals surface area contributed by atoms with E-state index in [1.54, 1.807) is 10.8 Å². The minimum atomic E-state index is -0.268. The van der Waals surface area contributed by atoms with E-state index in [1.165, 1.54) is 11.3 Å². The molecule has 1 N–H and O–H groups in total. The zero-order chi connectivity index (χ0) is 22.0. The van der Waals surface area contributed by atoms with E-state index < -0.39 is 0 Å². The summed E-state index contributed by atoms with van der Waals surface area (Å²) in [7, 11) is 4.06. The van der Waals surface area contributed by atoms with Gasteiger partial charge >= 0.3 is 11.7 Å². The molecule has 1 unspecified atom stereocenters. The van der Waals surface area contributed by atoms with Gasteiger partial charge in [-0.2, -0.15) is 4.57 Å². The van der Waals surface area contributed by atoms with Crippen molar-refractivity contribution in [3.05, 3.63) is 83.7 Å². The van der Waals surface area contributed by atoms with Crippen LogP contribution in [0.5, 0.6) is 0 Å². The standard InChI is InChI=1S/C26H26N4O/c1-18-9-13-21(14-10-18)24-25-27-19(2)26(31)30(25)17-22(28-24)8-6-5-7-20-11-15-23(16-12-20)29(3)4/h5-17,19H,1-4H3/p+1/b7-5+,8-6+. The van der Waals surface area contributed by atoms with E-state index in [2.05, 4.69) is 53.5 Å². The van der Waals surface area contributed by atoms with Crippen molar-refractivity contribution in [1.29, 1.82) is 0 Å². The molecule has 3 aromatic rings. The number of allylic oxidation sites excluding steroid dienone is 2. The van der Waals surface area contributed by atoms with E-state index in [0.29, 0.717) is 0 Å². The Morgan fingerprint density at radius 2 is 1.68 bits per heavy atom. The fourth-order valence-electron chi connectivity index (χ4n) is 3.51. The van der Waals surface area contributed by atoms with E-state index in [4.69, 9.17) is 4.98 Å². The van der Waals surface area contributed by atoms with E-state index in [1.807, 2.05) is 57.5 Å². The summed E-state index contributed by atoms with van der Waals surface area (Å²) in [6.07, 6.45) is 9.70. The third-order valence-corrected chi connectivity index (χ3v) is 5.33. The first-order valence-corrected chi connectivity index (χ1v) is 10.4. The van der Waals surface area contributed by atoms with Crippen molar-refractivity contribution in [2.24, 2.45) is 0 Å². The number of carbonyl (C=O) groups is 1. The number of hydrogen-bond acceptors (Lipinski definition) is 4. The lowest BCUT2D eigenvalue weighted by Gasteiger charge is -2.11. The van der Waals surface area contributed by atoms with Crippen LogP contribution in [0.15, 0.2) is 66.9 Å². The van der Waals surface area contributed by atoms with Crippen molar-refractivity contribution in [3.63, 3.8) is 0 Å². The fraction of sp³-hybridized carbons (Fsp3) is 0.192. The second kappa shape index (κ2) is 8.56. The van der Waals surface area contributed by atoms with Crippen LogP contribution in [-0.4, -0.2) is 31.0 Å². The molecule has 0 aliphatic carbocycles. The van der Waals surface area contributed by atoms with Gasteiger partial charge in [0.05, 0.1) is 0 Å². The van der Waals surface area contributed by atoms with Gasteiger partial charge in [0.2, 0.25) is 0 Å². The molecule has 0 amide bonds. The number of fused-ring (bicyclic) bond motifs is 1. The molecule has 1 atom stereocenters. The Labute approximate surface area is 183 Å². The molecule has 0 fully saturated rings. The number of hydrogen-bond donors (Lipinski definition) is 1. The molecule has 5 heteroatoms. The van der Waals surface area contributed by atoms with Gasteiger partial charge in [-0.3, -0.25) is 5.32 Å². The third kappa shape index (κ3) is 4.40. The highest BCUT2D eigenvalue weighted by molar-refractivity contribution is 5.85. The van der Waals surface area contributed by atoms with Crippen molar-refractivity contribution in [2.75, 3.05) is 24.3 Å². The van der Waals surface area contributed by atoms with Gasteiger partial charge in [-0.05, 0) is 37.6 Å². The molecule has 2 heterocycles. The van der Waals surface area contributed by atoms with Crippen LogP contribution in [0.3, 0.4) is 0 Å². The lowest BCUT2D eigenvalue weighted by atomic mass is 10.1. The van der Waals surface area contributed by atoms with Gasteiger partial charge in [-0.15, -0.1) is 0 Å². The molecular formula is C26H27N4O+. The summed E-state index contributed by atoms with van der Waals surface area (Å²) in [4.78, 5) is 19.5. The lowest BCUT2D eigenvalue weighted by molar-refractivity contribution is -0.552. The number of aromatic nitrogens is 2. The molecule has 0 saturated heterocycles.